The molecule has 0 saturated heterocycles. The van der Waals surface area contributed by atoms with Crippen molar-refractivity contribution < 1.29 is 4.79 Å². The van der Waals surface area contributed by atoms with E-state index < -0.39 is 0 Å². The lowest BCUT2D eigenvalue weighted by molar-refractivity contribution is -0.121. The molecule has 1 aromatic heterocycles. The summed E-state index contributed by atoms with van der Waals surface area (Å²) in [6, 6.07) is 10.3. The Labute approximate surface area is 164 Å². The summed E-state index contributed by atoms with van der Waals surface area (Å²) in [5, 5.41) is 10.1. The van der Waals surface area contributed by atoms with E-state index in [1.165, 1.54) is 36.6 Å². The molecule has 3 unspecified atom stereocenters. The summed E-state index contributed by atoms with van der Waals surface area (Å²) in [4.78, 5) is 24.7. The van der Waals surface area contributed by atoms with Crippen LogP contribution in [0.25, 0.3) is 0 Å². The number of rotatable bonds is 7. The Morgan fingerprint density at radius 1 is 1.33 bits per heavy atom. The van der Waals surface area contributed by atoms with Crippen LogP contribution in [0, 0.1) is 5.92 Å². The number of aryl methyl sites for hydroxylation is 1. The number of H-pyrrole nitrogens is 1. The minimum atomic E-state index is -0.301. The summed E-state index contributed by atoms with van der Waals surface area (Å²) in [5.74, 6) is 0.540. The quantitative estimate of drug-likeness (QED) is 0.715. The number of nitrogens with one attached hydrogen (secondary N) is 2. The average Bonchev–Trinajstić information content (AvgIpc) is 3.02. The standard InChI is InChI=1S/C20H28N4O2S/c1-14-8-6-7-11-17(14)21-18(25)15(2)27-20-23-22-19(26)24(20)13-12-16-9-4-3-5-10-16/h3-5,9-10,14-15,17H,6-8,11-13H2,1-2H3,(H,21,25)(H,22,26). The van der Waals surface area contributed by atoms with Crippen molar-refractivity contribution in [1.29, 1.82) is 0 Å². The molecule has 7 heteroatoms. The van der Waals surface area contributed by atoms with Gasteiger partial charge in [-0.25, -0.2) is 9.89 Å². The van der Waals surface area contributed by atoms with Gasteiger partial charge in [-0.1, -0.05) is 61.9 Å². The summed E-state index contributed by atoms with van der Waals surface area (Å²) in [6.45, 7) is 4.61. The average molecular weight is 389 g/mol. The normalized spacial score (nSPS) is 21.0. The smallest absolute Gasteiger partial charge is 0.343 e. The van der Waals surface area contributed by atoms with Crippen molar-refractivity contribution in [1.82, 2.24) is 20.1 Å². The first-order chi connectivity index (χ1) is 13.0. The van der Waals surface area contributed by atoms with E-state index in [0.29, 0.717) is 17.6 Å². The van der Waals surface area contributed by atoms with Crippen molar-refractivity contribution in [3.63, 3.8) is 0 Å². The number of aromatic nitrogens is 3. The molecule has 1 heterocycles. The van der Waals surface area contributed by atoms with Crippen LogP contribution >= 0.6 is 11.8 Å². The molecule has 1 fully saturated rings. The molecular weight excluding hydrogens is 360 g/mol. The molecule has 1 aliphatic rings. The van der Waals surface area contributed by atoms with Gasteiger partial charge in [-0.3, -0.25) is 9.36 Å². The van der Waals surface area contributed by atoms with E-state index in [1.807, 2.05) is 37.3 Å². The monoisotopic (exact) mass is 388 g/mol. The molecule has 146 valence electrons. The molecule has 27 heavy (non-hydrogen) atoms. The van der Waals surface area contributed by atoms with Crippen molar-refractivity contribution in [2.45, 2.75) is 68.9 Å². The summed E-state index contributed by atoms with van der Waals surface area (Å²) in [6.07, 6.45) is 5.39. The van der Waals surface area contributed by atoms with E-state index in [4.69, 9.17) is 0 Å². The van der Waals surface area contributed by atoms with Crippen LogP contribution in [0.2, 0.25) is 0 Å². The second-order valence-corrected chi connectivity index (χ2v) is 8.64. The van der Waals surface area contributed by atoms with E-state index in [1.54, 1.807) is 4.57 Å². The van der Waals surface area contributed by atoms with Gasteiger partial charge in [0.2, 0.25) is 5.91 Å². The Morgan fingerprint density at radius 2 is 2.07 bits per heavy atom. The zero-order chi connectivity index (χ0) is 19.2. The highest BCUT2D eigenvalue weighted by molar-refractivity contribution is 8.00. The number of hydrogen-bond acceptors (Lipinski definition) is 4. The van der Waals surface area contributed by atoms with Crippen molar-refractivity contribution in [3.8, 4) is 0 Å². The number of thioether (sulfide) groups is 1. The van der Waals surface area contributed by atoms with E-state index in [9.17, 15) is 9.59 Å². The summed E-state index contributed by atoms with van der Waals surface area (Å²) < 4.78 is 1.62. The molecule has 3 atom stereocenters. The summed E-state index contributed by atoms with van der Waals surface area (Å²) >= 11 is 1.33. The van der Waals surface area contributed by atoms with E-state index in [0.717, 1.165) is 12.8 Å². The number of carbonyl (C=O) groups is 1. The third kappa shape index (κ3) is 5.25. The minimum Gasteiger partial charge on any atom is -0.352 e. The number of nitrogens with zero attached hydrogens (tertiary/aromatic N) is 2. The third-order valence-corrected chi connectivity index (χ3v) is 6.37. The predicted octanol–water partition coefficient (Wildman–Crippen LogP) is 2.99. The van der Waals surface area contributed by atoms with Gasteiger partial charge in [0.1, 0.15) is 0 Å². The van der Waals surface area contributed by atoms with Crippen LogP contribution in [0.5, 0.6) is 0 Å². The second kappa shape index (κ2) is 9.26. The fourth-order valence-corrected chi connectivity index (χ4v) is 4.41. The van der Waals surface area contributed by atoms with Gasteiger partial charge in [0.05, 0.1) is 5.25 Å². The second-order valence-electron chi connectivity index (χ2n) is 7.34. The predicted molar refractivity (Wildman–Crippen MR) is 108 cm³/mol. The van der Waals surface area contributed by atoms with Gasteiger partial charge in [-0.2, -0.15) is 0 Å². The zero-order valence-electron chi connectivity index (χ0n) is 16.0. The molecule has 0 aliphatic heterocycles. The highest BCUT2D eigenvalue weighted by Crippen LogP contribution is 2.25. The van der Waals surface area contributed by atoms with Gasteiger partial charge in [-0.15, -0.1) is 5.10 Å². The maximum Gasteiger partial charge on any atom is 0.343 e. The minimum absolute atomic E-state index is 0.0174. The van der Waals surface area contributed by atoms with Gasteiger partial charge < -0.3 is 5.32 Å². The van der Waals surface area contributed by atoms with Gasteiger partial charge >= 0.3 is 5.69 Å². The zero-order valence-corrected chi connectivity index (χ0v) is 16.8. The van der Waals surface area contributed by atoms with E-state index in [2.05, 4.69) is 22.4 Å². The van der Waals surface area contributed by atoms with Crippen LogP contribution in [0.3, 0.4) is 0 Å². The summed E-state index contributed by atoms with van der Waals surface area (Å²) in [7, 11) is 0. The molecule has 1 aromatic carbocycles. The highest BCUT2D eigenvalue weighted by atomic mass is 32.2. The van der Waals surface area contributed by atoms with Crippen LogP contribution in [-0.4, -0.2) is 32.0 Å². The maximum atomic E-state index is 12.6. The molecule has 1 amide bonds. The molecule has 1 aliphatic carbocycles. The number of hydrogen-bond donors (Lipinski definition) is 2. The fourth-order valence-electron chi connectivity index (χ4n) is 3.52. The van der Waals surface area contributed by atoms with Crippen LogP contribution in [0.1, 0.15) is 45.1 Å². The van der Waals surface area contributed by atoms with Crippen LogP contribution in [-0.2, 0) is 17.8 Å². The first-order valence-electron chi connectivity index (χ1n) is 9.70. The Bertz CT molecular complexity index is 802. The Balaban J connectivity index is 1.59. The van der Waals surface area contributed by atoms with Gasteiger partial charge in [0.25, 0.3) is 0 Å². The molecule has 2 aromatic rings. The first-order valence-corrected chi connectivity index (χ1v) is 10.6. The van der Waals surface area contributed by atoms with Crippen LogP contribution in [0.4, 0.5) is 0 Å². The first kappa shape index (κ1) is 19.7. The SMILES string of the molecule is CC(Sc1n[nH]c(=O)n1CCc1ccccc1)C(=O)NC1CCCCC1C. The van der Waals surface area contributed by atoms with E-state index in [-0.39, 0.29) is 22.9 Å². The van der Waals surface area contributed by atoms with Crippen molar-refractivity contribution >= 4 is 17.7 Å². The largest absolute Gasteiger partial charge is 0.352 e. The fraction of sp³-hybridized carbons (Fsp3) is 0.550. The molecule has 1 saturated carbocycles. The van der Waals surface area contributed by atoms with Crippen LogP contribution in [0.15, 0.2) is 40.3 Å². The van der Waals surface area contributed by atoms with Crippen molar-refractivity contribution in [2.75, 3.05) is 0 Å². The molecule has 0 spiro atoms. The molecule has 3 rings (SSSR count). The number of carbonyl (C=O) groups excluding carboxylic acids is 1. The number of aromatic amines is 1. The lowest BCUT2D eigenvalue weighted by Gasteiger charge is -2.30. The van der Waals surface area contributed by atoms with Gasteiger partial charge in [0.15, 0.2) is 5.16 Å². The molecule has 6 nitrogen and oxygen atoms in total. The van der Waals surface area contributed by atoms with Crippen molar-refractivity contribution in [3.05, 3.63) is 46.4 Å². The van der Waals surface area contributed by atoms with Crippen LogP contribution < -0.4 is 11.0 Å². The van der Waals surface area contributed by atoms with E-state index >= 15 is 0 Å². The molecule has 0 bridgehead atoms. The Morgan fingerprint density at radius 3 is 2.81 bits per heavy atom. The van der Waals surface area contributed by atoms with Gasteiger partial charge in [0, 0.05) is 12.6 Å². The highest BCUT2D eigenvalue weighted by Gasteiger charge is 2.26. The lowest BCUT2D eigenvalue weighted by Crippen LogP contribution is -2.44. The number of amides is 1. The molecule has 2 N–H and O–H groups in total. The number of benzene rings is 1. The topological polar surface area (TPSA) is 79.8 Å². The third-order valence-electron chi connectivity index (χ3n) is 5.28. The van der Waals surface area contributed by atoms with Gasteiger partial charge in [-0.05, 0) is 37.7 Å². The van der Waals surface area contributed by atoms with Crippen molar-refractivity contribution in [2.24, 2.45) is 5.92 Å². The lowest BCUT2D eigenvalue weighted by atomic mass is 9.86. The maximum absolute atomic E-state index is 12.6. The summed E-state index contributed by atoms with van der Waals surface area (Å²) in [5.41, 5.74) is 0.931. The molecular formula is C20H28N4O2S. The Hall–Kier alpha value is -2.02. The Kier molecular flexibility index (Phi) is 6.77. The molecule has 0 radical (unpaired) electrons.